The van der Waals surface area contributed by atoms with E-state index in [4.69, 9.17) is 4.74 Å². The number of ether oxygens (including phenoxy) is 1. The fourth-order valence-corrected chi connectivity index (χ4v) is 6.16. The summed E-state index contributed by atoms with van der Waals surface area (Å²) < 4.78 is 74.1. The van der Waals surface area contributed by atoms with Gasteiger partial charge in [0.05, 0.1) is 28.4 Å². The second kappa shape index (κ2) is 10.3. The molecule has 0 atom stereocenters. The Bertz CT molecular complexity index is 1990. The molecule has 0 aliphatic carbocycles. The molecular weight excluding hydrogens is 582 g/mol. The van der Waals surface area contributed by atoms with Crippen molar-refractivity contribution in [1.82, 2.24) is 20.0 Å². The minimum Gasteiger partial charge on any atom is -0.494 e. The molecule has 0 amide bonds. The number of aliphatic hydroxyl groups excluding tert-OH is 1. The summed E-state index contributed by atoms with van der Waals surface area (Å²) in [5.74, 6) is 0.473. The summed E-state index contributed by atoms with van der Waals surface area (Å²) >= 11 is 1.19. The second-order valence-corrected chi connectivity index (χ2v) is 12.4. The molecule has 2 heterocycles. The van der Waals surface area contributed by atoms with Gasteiger partial charge in [0.1, 0.15) is 16.3 Å². The maximum atomic E-state index is 12.2. The molecule has 0 spiro atoms. The van der Waals surface area contributed by atoms with E-state index in [0.717, 1.165) is 21.6 Å². The molecule has 208 valence electrons. The van der Waals surface area contributed by atoms with Gasteiger partial charge in [-0.3, -0.25) is 9.11 Å². The standard InChI is InChI=1S/C24H21N5O8S3/c1-3-37-16-6-9-19-21(11-16)38-24(25-19)29-27-23(18-8-4-14(2)10-22(18)40(34,35)36)26-28(29)20-12-17(39(31,32)33)7-5-15(20)13-30/h4-12,30H,3,13H2,1-2H3,(H-,31,32,33,34,35,36)/p+1. The first-order valence-corrected chi connectivity index (χ1v) is 15.3. The minimum atomic E-state index is -4.68. The van der Waals surface area contributed by atoms with E-state index < -0.39 is 36.6 Å². The Morgan fingerprint density at radius 2 is 1.77 bits per heavy atom. The number of hydrogen-bond acceptors (Lipinski definition) is 10. The third-order valence-corrected chi connectivity index (χ3v) is 8.51. The summed E-state index contributed by atoms with van der Waals surface area (Å²) in [6.07, 6.45) is 0. The van der Waals surface area contributed by atoms with Crippen LogP contribution in [0.3, 0.4) is 0 Å². The Kier molecular flexibility index (Phi) is 7.15. The van der Waals surface area contributed by atoms with Crippen LogP contribution in [0.2, 0.25) is 0 Å². The number of fused-ring (bicyclic) bond motifs is 1. The molecule has 5 rings (SSSR count). The van der Waals surface area contributed by atoms with Gasteiger partial charge in [0, 0.05) is 16.7 Å². The quantitative estimate of drug-likeness (QED) is 0.175. The van der Waals surface area contributed by atoms with Crippen LogP contribution in [-0.2, 0) is 26.8 Å². The molecule has 0 unspecified atom stereocenters. The van der Waals surface area contributed by atoms with Crippen LogP contribution in [0.5, 0.6) is 5.75 Å². The van der Waals surface area contributed by atoms with E-state index in [9.17, 15) is 31.0 Å². The van der Waals surface area contributed by atoms with Crippen molar-refractivity contribution in [3.63, 3.8) is 0 Å². The molecule has 40 heavy (non-hydrogen) atoms. The van der Waals surface area contributed by atoms with Gasteiger partial charge < -0.3 is 9.84 Å². The van der Waals surface area contributed by atoms with Crippen LogP contribution in [0.4, 0.5) is 0 Å². The summed E-state index contributed by atoms with van der Waals surface area (Å²) in [7, 11) is -9.32. The molecular formula is C24H22N5O8S3+. The Hall–Kier alpha value is -3.80. The topological polar surface area (TPSA) is 186 Å². The smallest absolute Gasteiger partial charge is 0.365 e. The lowest BCUT2D eigenvalue weighted by atomic mass is 10.1. The van der Waals surface area contributed by atoms with E-state index >= 15 is 0 Å². The molecule has 5 aromatic rings. The van der Waals surface area contributed by atoms with Crippen LogP contribution in [-0.4, -0.2) is 57.6 Å². The van der Waals surface area contributed by atoms with Crippen molar-refractivity contribution in [2.24, 2.45) is 0 Å². The van der Waals surface area contributed by atoms with Crippen LogP contribution in [0.1, 0.15) is 18.1 Å². The number of nitrogens with zero attached hydrogens (tertiary/aromatic N) is 5. The van der Waals surface area contributed by atoms with E-state index in [1.54, 1.807) is 31.2 Å². The zero-order valence-corrected chi connectivity index (χ0v) is 23.4. The molecule has 0 fully saturated rings. The maximum Gasteiger partial charge on any atom is 0.365 e. The average Bonchev–Trinajstić information content (AvgIpc) is 3.51. The van der Waals surface area contributed by atoms with Gasteiger partial charge in [-0.1, -0.05) is 28.5 Å². The highest BCUT2D eigenvalue weighted by Gasteiger charge is 2.30. The van der Waals surface area contributed by atoms with Crippen molar-refractivity contribution in [3.05, 3.63) is 65.7 Å². The summed E-state index contributed by atoms with van der Waals surface area (Å²) in [5, 5.41) is 19.2. The van der Waals surface area contributed by atoms with E-state index in [2.05, 4.69) is 15.2 Å². The van der Waals surface area contributed by atoms with Crippen molar-refractivity contribution >= 4 is 41.8 Å². The average molecular weight is 605 g/mol. The number of hydrogen-bond donors (Lipinski definition) is 3. The first-order chi connectivity index (χ1) is 18.9. The van der Waals surface area contributed by atoms with Crippen LogP contribution in [0.25, 0.3) is 32.4 Å². The molecule has 16 heteroatoms. The fraction of sp³-hybridized carbons (Fsp3) is 0.167. The first-order valence-electron chi connectivity index (χ1n) is 11.6. The molecule has 13 nitrogen and oxygen atoms in total. The summed E-state index contributed by atoms with van der Waals surface area (Å²) in [4.78, 5) is 6.02. The number of tetrazole rings is 1. The molecule has 0 bridgehead atoms. The van der Waals surface area contributed by atoms with Gasteiger partial charge in [-0.25, -0.2) is 0 Å². The van der Waals surface area contributed by atoms with Gasteiger partial charge in [0.2, 0.25) is 0 Å². The summed E-state index contributed by atoms with van der Waals surface area (Å²) in [5.41, 5.74) is 1.36. The lowest BCUT2D eigenvalue weighted by Gasteiger charge is -2.07. The van der Waals surface area contributed by atoms with E-state index in [0.29, 0.717) is 23.4 Å². The van der Waals surface area contributed by atoms with Crippen LogP contribution in [0, 0.1) is 6.92 Å². The Balaban J connectivity index is 1.81. The van der Waals surface area contributed by atoms with Gasteiger partial charge in [0.25, 0.3) is 26.1 Å². The predicted octanol–water partition coefficient (Wildman–Crippen LogP) is 2.51. The third kappa shape index (κ3) is 5.32. The minimum absolute atomic E-state index is 0.0196. The number of rotatable bonds is 8. The molecule has 2 aromatic heterocycles. The number of thiazole rings is 1. The number of benzene rings is 3. The molecule has 3 aromatic carbocycles. The summed E-state index contributed by atoms with van der Waals surface area (Å²) in [6, 6.07) is 13.1. The lowest BCUT2D eigenvalue weighted by Crippen LogP contribution is -2.43. The Morgan fingerprint density at radius 3 is 2.45 bits per heavy atom. The van der Waals surface area contributed by atoms with Crippen LogP contribution >= 0.6 is 11.3 Å². The highest BCUT2D eigenvalue weighted by atomic mass is 32.2. The number of aryl methyl sites for hydroxylation is 1. The monoisotopic (exact) mass is 604 g/mol. The highest BCUT2D eigenvalue weighted by Crippen LogP contribution is 2.29. The Labute approximate surface area is 232 Å². The van der Waals surface area contributed by atoms with Crippen molar-refractivity contribution in [1.29, 1.82) is 0 Å². The van der Waals surface area contributed by atoms with Crippen LogP contribution in [0.15, 0.2) is 64.4 Å². The normalized spacial score (nSPS) is 12.2. The van der Waals surface area contributed by atoms with Crippen LogP contribution < -0.4 is 9.53 Å². The van der Waals surface area contributed by atoms with E-state index in [1.165, 1.54) is 34.3 Å². The zero-order valence-electron chi connectivity index (χ0n) is 21.0. The molecule has 0 saturated heterocycles. The second-order valence-electron chi connectivity index (χ2n) is 8.56. The van der Waals surface area contributed by atoms with Gasteiger partial charge in [-0.15, -0.1) is 0 Å². The van der Waals surface area contributed by atoms with Gasteiger partial charge in [0.15, 0.2) is 5.52 Å². The molecule has 0 aliphatic rings. The first kappa shape index (κ1) is 27.8. The third-order valence-electron chi connectivity index (χ3n) is 5.79. The zero-order chi connectivity index (χ0) is 28.8. The maximum absolute atomic E-state index is 12.2. The van der Waals surface area contributed by atoms with Gasteiger partial charge in [-0.05, 0) is 70.5 Å². The van der Waals surface area contributed by atoms with Gasteiger partial charge in [-0.2, -0.15) is 16.8 Å². The van der Waals surface area contributed by atoms with E-state index in [1.807, 2.05) is 6.92 Å². The Morgan fingerprint density at radius 1 is 1.00 bits per heavy atom. The lowest BCUT2D eigenvalue weighted by molar-refractivity contribution is -0.734. The molecule has 3 N–H and O–H groups in total. The largest absolute Gasteiger partial charge is 0.494 e. The molecule has 0 saturated carbocycles. The van der Waals surface area contributed by atoms with Crippen molar-refractivity contribution < 1.29 is 40.6 Å². The van der Waals surface area contributed by atoms with Crippen molar-refractivity contribution in [2.45, 2.75) is 30.2 Å². The molecule has 0 radical (unpaired) electrons. The highest BCUT2D eigenvalue weighted by molar-refractivity contribution is 7.86. The predicted molar refractivity (Wildman–Crippen MR) is 143 cm³/mol. The SMILES string of the molecule is CCOc1ccc2nc(-[n+]3nc(-c4ccc(C)cc4S(=O)(=O)O)nn3-c3cc(S(=O)(=O)O)ccc3CO)sc2c1. The van der Waals surface area contributed by atoms with Crippen molar-refractivity contribution in [2.75, 3.05) is 6.61 Å². The van der Waals surface area contributed by atoms with E-state index in [-0.39, 0.29) is 27.8 Å². The molecule has 0 aliphatic heterocycles. The number of aromatic nitrogens is 5. The number of aliphatic hydroxyl groups is 1. The fourth-order valence-electron chi connectivity index (χ4n) is 3.96. The summed E-state index contributed by atoms with van der Waals surface area (Å²) in [6.45, 7) is 3.43. The van der Waals surface area contributed by atoms with Crippen molar-refractivity contribution in [3.8, 4) is 28.0 Å². The van der Waals surface area contributed by atoms with Gasteiger partial charge >= 0.3 is 5.13 Å².